The summed E-state index contributed by atoms with van der Waals surface area (Å²) < 4.78 is 4.92. The number of ether oxygens (including phenoxy) is 1. The number of aromatic hydroxyl groups is 1. The zero-order valence-corrected chi connectivity index (χ0v) is 11.9. The number of phenols is 1. The van der Waals surface area contributed by atoms with Crippen LogP contribution in [-0.4, -0.2) is 29.2 Å². The van der Waals surface area contributed by atoms with Gasteiger partial charge in [0.2, 0.25) is 5.91 Å². The predicted molar refractivity (Wildman–Crippen MR) is 76.4 cm³/mol. The maximum absolute atomic E-state index is 12.1. The van der Waals surface area contributed by atoms with Crippen LogP contribution in [-0.2, 0) is 9.59 Å². The van der Waals surface area contributed by atoms with Crippen molar-refractivity contribution in [3.63, 3.8) is 0 Å². The van der Waals surface area contributed by atoms with Crippen molar-refractivity contribution in [2.45, 2.75) is 32.1 Å². The smallest absolute Gasteiger partial charge is 0.310 e. The van der Waals surface area contributed by atoms with Gasteiger partial charge in [-0.15, -0.1) is 0 Å². The number of carboxylic acid groups (broad SMARTS) is 1. The first-order valence-corrected chi connectivity index (χ1v) is 6.87. The van der Waals surface area contributed by atoms with Crippen LogP contribution in [0, 0.1) is 5.41 Å². The van der Waals surface area contributed by atoms with Crippen molar-refractivity contribution >= 4 is 17.6 Å². The fourth-order valence-electron chi connectivity index (χ4n) is 2.80. The summed E-state index contributed by atoms with van der Waals surface area (Å²) in [6, 6.07) is 4.50. The number of carbonyl (C=O) groups is 2. The van der Waals surface area contributed by atoms with E-state index in [-0.39, 0.29) is 18.1 Å². The van der Waals surface area contributed by atoms with E-state index < -0.39 is 11.4 Å². The predicted octanol–water partition coefficient (Wildman–Crippen LogP) is 2.37. The molecule has 1 aromatic rings. The summed E-state index contributed by atoms with van der Waals surface area (Å²) in [6.45, 7) is 0. The SMILES string of the molecule is COc1ccc(NC(=O)CC2(C(=O)O)CCCC2)cc1O. The molecule has 0 unspecified atom stereocenters. The Kier molecular flexibility index (Phi) is 4.35. The molecule has 1 aliphatic rings. The zero-order chi connectivity index (χ0) is 15.5. The van der Waals surface area contributed by atoms with Crippen LogP contribution in [0.4, 0.5) is 5.69 Å². The molecule has 6 heteroatoms. The first kappa shape index (κ1) is 15.2. The molecule has 1 aliphatic carbocycles. The molecule has 1 saturated carbocycles. The van der Waals surface area contributed by atoms with Gasteiger partial charge in [0, 0.05) is 18.2 Å². The number of benzene rings is 1. The summed E-state index contributed by atoms with van der Waals surface area (Å²) in [7, 11) is 1.43. The van der Waals surface area contributed by atoms with Crippen molar-refractivity contribution in [1.29, 1.82) is 0 Å². The summed E-state index contributed by atoms with van der Waals surface area (Å²) in [4.78, 5) is 23.5. The maximum atomic E-state index is 12.1. The highest BCUT2D eigenvalue weighted by molar-refractivity contribution is 5.94. The van der Waals surface area contributed by atoms with E-state index in [1.807, 2.05) is 0 Å². The molecular weight excluding hydrogens is 274 g/mol. The summed E-state index contributed by atoms with van der Waals surface area (Å²) in [5.41, 5.74) is -0.532. The molecule has 0 saturated heterocycles. The lowest BCUT2D eigenvalue weighted by atomic mass is 9.82. The third-order valence-electron chi connectivity index (χ3n) is 3.98. The number of carboxylic acids is 1. The van der Waals surface area contributed by atoms with E-state index in [0.717, 1.165) is 12.8 Å². The van der Waals surface area contributed by atoms with Crippen LogP contribution in [0.2, 0.25) is 0 Å². The number of aliphatic carboxylic acids is 1. The highest BCUT2D eigenvalue weighted by Crippen LogP contribution is 2.41. The second-order valence-corrected chi connectivity index (χ2v) is 5.40. The van der Waals surface area contributed by atoms with Crippen LogP contribution < -0.4 is 10.1 Å². The number of phenolic OH excluding ortho intramolecular Hbond substituents is 1. The van der Waals surface area contributed by atoms with Crippen LogP contribution in [0.25, 0.3) is 0 Å². The second kappa shape index (κ2) is 6.03. The van der Waals surface area contributed by atoms with E-state index in [0.29, 0.717) is 24.3 Å². The van der Waals surface area contributed by atoms with Gasteiger partial charge in [-0.3, -0.25) is 9.59 Å². The van der Waals surface area contributed by atoms with E-state index in [2.05, 4.69) is 5.32 Å². The molecule has 6 nitrogen and oxygen atoms in total. The molecule has 1 amide bonds. The number of anilines is 1. The Balaban J connectivity index is 2.04. The molecule has 0 aromatic heterocycles. The lowest BCUT2D eigenvalue weighted by Crippen LogP contribution is -2.32. The van der Waals surface area contributed by atoms with Crippen molar-refractivity contribution < 1.29 is 24.5 Å². The molecular formula is C15H19NO5. The van der Waals surface area contributed by atoms with Crippen molar-refractivity contribution in [3.8, 4) is 11.5 Å². The molecule has 0 aliphatic heterocycles. The van der Waals surface area contributed by atoms with Crippen LogP contribution in [0.15, 0.2) is 18.2 Å². The summed E-state index contributed by atoms with van der Waals surface area (Å²) >= 11 is 0. The van der Waals surface area contributed by atoms with Crippen molar-refractivity contribution in [2.24, 2.45) is 5.41 Å². The molecule has 0 atom stereocenters. The second-order valence-electron chi connectivity index (χ2n) is 5.40. The maximum Gasteiger partial charge on any atom is 0.310 e. The number of rotatable bonds is 5. The molecule has 2 rings (SSSR count). The largest absolute Gasteiger partial charge is 0.504 e. The van der Waals surface area contributed by atoms with E-state index in [1.54, 1.807) is 6.07 Å². The summed E-state index contributed by atoms with van der Waals surface area (Å²) in [5, 5.41) is 21.6. The first-order valence-electron chi connectivity index (χ1n) is 6.87. The Hall–Kier alpha value is -2.24. The van der Waals surface area contributed by atoms with Crippen LogP contribution in [0.1, 0.15) is 32.1 Å². The third kappa shape index (κ3) is 3.26. The number of hydrogen-bond acceptors (Lipinski definition) is 4. The minimum absolute atomic E-state index is 0.0465. The zero-order valence-electron chi connectivity index (χ0n) is 11.9. The van der Waals surface area contributed by atoms with Crippen molar-refractivity contribution in [3.05, 3.63) is 18.2 Å². The number of nitrogens with one attached hydrogen (secondary N) is 1. The lowest BCUT2D eigenvalue weighted by molar-refractivity contribution is -0.150. The lowest BCUT2D eigenvalue weighted by Gasteiger charge is -2.22. The van der Waals surface area contributed by atoms with Crippen molar-refractivity contribution in [2.75, 3.05) is 12.4 Å². The van der Waals surface area contributed by atoms with Crippen molar-refractivity contribution in [1.82, 2.24) is 0 Å². The Labute approximate surface area is 122 Å². The Bertz CT molecular complexity index is 549. The topological polar surface area (TPSA) is 95.9 Å². The Morgan fingerprint density at radius 1 is 1.33 bits per heavy atom. The highest BCUT2D eigenvalue weighted by atomic mass is 16.5. The molecule has 0 radical (unpaired) electrons. The fraction of sp³-hybridized carbons (Fsp3) is 0.467. The average molecular weight is 293 g/mol. The number of carbonyl (C=O) groups excluding carboxylic acids is 1. The normalized spacial score (nSPS) is 16.4. The molecule has 1 aromatic carbocycles. The monoisotopic (exact) mass is 293 g/mol. The highest BCUT2D eigenvalue weighted by Gasteiger charge is 2.42. The summed E-state index contributed by atoms with van der Waals surface area (Å²) in [6.07, 6.45) is 2.69. The van der Waals surface area contributed by atoms with E-state index in [9.17, 15) is 19.8 Å². The molecule has 0 bridgehead atoms. The number of amides is 1. The van der Waals surface area contributed by atoms with E-state index in [4.69, 9.17) is 4.74 Å². The molecule has 0 heterocycles. The van der Waals surface area contributed by atoms with Gasteiger partial charge in [0.15, 0.2) is 11.5 Å². The van der Waals surface area contributed by atoms with Crippen LogP contribution >= 0.6 is 0 Å². The van der Waals surface area contributed by atoms with Gasteiger partial charge < -0.3 is 20.3 Å². The van der Waals surface area contributed by atoms with Gasteiger partial charge in [0.05, 0.1) is 12.5 Å². The summed E-state index contributed by atoms with van der Waals surface area (Å²) in [5.74, 6) is -1.04. The Morgan fingerprint density at radius 3 is 2.52 bits per heavy atom. The average Bonchev–Trinajstić information content (AvgIpc) is 2.88. The molecule has 3 N–H and O–H groups in total. The number of hydrogen-bond donors (Lipinski definition) is 3. The van der Waals surface area contributed by atoms with Crippen LogP contribution in [0.3, 0.4) is 0 Å². The Morgan fingerprint density at radius 2 is 2.00 bits per heavy atom. The fourth-order valence-corrected chi connectivity index (χ4v) is 2.80. The minimum Gasteiger partial charge on any atom is -0.504 e. The van der Waals surface area contributed by atoms with Gasteiger partial charge in [-0.1, -0.05) is 12.8 Å². The quantitative estimate of drug-likeness (QED) is 0.774. The van der Waals surface area contributed by atoms with E-state index in [1.165, 1.54) is 19.2 Å². The van der Waals surface area contributed by atoms with Gasteiger partial charge in [0.25, 0.3) is 0 Å². The van der Waals surface area contributed by atoms with Gasteiger partial charge in [-0.25, -0.2) is 0 Å². The molecule has 1 fully saturated rings. The van der Waals surface area contributed by atoms with Gasteiger partial charge in [-0.2, -0.15) is 0 Å². The van der Waals surface area contributed by atoms with Gasteiger partial charge in [-0.05, 0) is 25.0 Å². The number of methoxy groups -OCH3 is 1. The molecule has 114 valence electrons. The standard InChI is InChI=1S/C15H19NO5/c1-21-12-5-4-10(8-11(12)17)16-13(18)9-15(14(19)20)6-2-3-7-15/h4-5,8,17H,2-3,6-7,9H2,1H3,(H,16,18)(H,19,20). The third-order valence-corrected chi connectivity index (χ3v) is 3.98. The van der Waals surface area contributed by atoms with E-state index >= 15 is 0 Å². The molecule has 21 heavy (non-hydrogen) atoms. The van der Waals surface area contributed by atoms with Crippen LogP contribution in [0.5, 0.6) is 11.5 Å². The first-order chi connectivity index (χ1) is 9.97. The van der Waals surface area contributed by atoms with Gasteiger partial charge >= 0.3 is 5.97 Å². The van der Waals surface area contributed by atoms with Gasteiger partial charge in [0.1, 0.15) is 0 Å². The molecule has 0 spiro atoms. The minimum atomic E-state index is -0.946.